The van der Waals surface area contributed by atoms with Crippen molar-refractivity contribution in [3.63, 3.8) is 0 Å². The molecule has 0 aromatic rings. The lowest BCUT2D eigenvalue weighted by Gasteiger charge is -2.22. The van der Waals surface area contributed by atoms with Crippen LogP contribution < -0.4 is 0 Å². The van der Waals surface area contributed by atoms with Gasteiger partial charge in [0.25, 0.3) is 0 Å². The van der Waals surface area contributed by atoms with Crippen molar-refractivity contribution in [2.24, 2.45) is 5.92 Å². The van der Waals surface area contributed by atoms with Crippen LogP contribution in [0.3, 0.4) is 0 Å². The molecule has 92 valence electrons. The first kappa shape index (κ1) is 13.1. The number of rotatable bonds is 2. The van der Waals surface area contributed by atoms with Crippen molar-refractivity contribution in [1.82, 2.24) is 0 Å². The molecule has 1 aliphatic carbocycles. The molecule has 0 radical (unpaired) electrons. The van der Waals surface area contributed by atoms with Crippen LogP contribution in [-0.4, -0.2) is 18.8 Å². The topological polar surface area (TPSA) is 26.3 Å². The number of esters is 1. The van der Waals surface area contributed by atoms with Gasteiger partial charge in [-0.15, -0.1) is 0 Å². The second-order valence-electron chi connectivity index (χ2n) is 4.22. The summed E-state index contributed by atoms with van der Waals surface area (Å²) < 4.78 is 39.7. The second-order valence-corrected chi connectivity index (χ2v) is 4.22. The van der Waals surface area contributed by atoms with Crippen molar-refractivity contribution in [1.29, 1.82) is 0 Å². The number of carbonyl (C=O) groups is 1. The third-order valence-electron chi connectivity index (χ3n) is 2.86. The average Bonchev–Trinajstić information content (AvgIpc) is 2.17. The number of carbonyl (C=O) groups excluding carboxylic acids is 1. The van der Waals surface area contributed by atoms with Crippen molar-refractivity contribution in [3.8, 4) is 0 Å². The molecule has 0 unspecified atom stereocenters. The Morgan fingerprint density at radius 2 is 2.00 bits per heavy atom. The first-order valence-electron chi connectivity index (χ1n) is 5.18. The van der Waals surface area contributed by atoms with E-state index in [1.165, 1.54) is 5.57 Å². The van der Waals surface area contributed by atoms with Crippen LogP contribution in [0.4, 0.5) is 13.2 Å². The fourth-order valence-electron chi connectivity index (χ4n) is 1.72. The van der Waals surface area contributed by atoms with E-state index in [-0.39, 0.29) is 0 Å². The maximum Gasteiger partial charge on any atom is 0.422 e. The summed E-state index contributed by atoms with van der Waals surface area (Å²) in [6, 6.07) is 0. The summed E-state index contributed by atoms with van der Waals surface area (Å²) in [6.07, 6.45) is -2.58. The van der Waals surface area contributed by atoms with Crippen molar-refractivity contribution in [2.45, 2.75) is 39.3 Å². The summed E-state index contributed by atoms with van der Waals surface area (Å²) in [5.41, 5.74) is 2.31. The van der Waals surface area contributed by atoms with Crippen molar-refractivity contribution in [2.75, 3.05) is 6.61 Å². The van der Waals surface area contributed by atoms with E-state index in [0.717, 1.165) is 12.0 Å². The largest absolute Gasteiger partial charge is 0.456 e. The van der Waals surface area contributed by atoms with E-state index < -0.39 is 24.7 Å². The molecule has 2 nitrogen and oxygen atoms in total. The Morgan fingerprint density at radius 3 is 2.50 bits per heavy atom. The van der Waals surface area contributed by atoms with Gasteiger partial charge in [-0.3, -0.25) is 4.79 Å². The molecule has 1 rings (SSSR count). The van der Waals surface area contributed by atoms with E-state index >= 15 is 0 Å². The SMILES string of the molecule is CC1=C(C)C[C@H](C(=O)OCC(F)(F)F)CC1. The third-order valence-corrected chi connectivity index (χ3v) is 2.86. The molecule has 0 heterocycles. The van der Waals surface area contributed by atoms with Crippen LogP contribution in [0.5, 0.6) is 0 Å². The first-order valence-corrected chi connectivity index (χ1v) is 5.18. The third kappa shape index (κ3) is 3.87. The molecule has 0 bridgehead atoms. The molecule has 0 saturated heterocycles. The van der Waals surface area contributed by atoms with Gasteiger partial charge in [0.1, 0.15) is 0 Å². The Balaban J connectivity index is 2.45. The van der Waals surface area contributed by atoms with Gasteiger partial charge in [0.2, 0.25) is 0 Å². The van der Waals surface area contributed by atoms with Crippen LogP contribution in [0.1, 0.15) is 33.1 Å². The van der Waals surface area contributed by atoms with Crippen LogP contribution >= 0.6 is 0 Å². The minimum Gasteiger partial charge on any atom is -0.456 e. The van der Waals surface area contributed by atoms with E-state index in [1.54, 1.807) is 0 Å². The first-order chi connectivity index (χ1) is 7.29. The molecule has 0 aromatic heterocycles. The number of allylic oxidation sites excluding steroid dienone is 2. The van der Waals surface area contributed by atoms with Crippen LogP contribution in [0.2, 0.25) is 0 Å². The van der Waals surface area contributed by atoms with E-state index in [1.807, 2.05) is 13.8 Å². The van der Waals surface area contributed by atoms with Crippen LogP contribution in [0.15, 0.2) is 11.1 Å². The minimum atomic E-state index is -4.44. The van der Waals surface area contributed by atoms with Crippen molar-refractivity contribution in [3.05, 3.63) is 11.1 Å². The van der Waals surface area contributed by atoms with Gasteiger partial charge in [0.05, 0.1) is 5.92 Å². The van der Waals surface area contributed by atoms with Gasteiger partial charge >= 0.3 is 12.1 Å². The Labute approximate surface area is 92.5 Å². The Kier molecular flexibility index (Phi) is 3.99. The fraction of sp³-hybridized carbons (Fsp3) is 0.727. The molecule has 0 saturated carbocycles. The molecule has 0 N–H and O–H groups in total. The number of hydrogen-bond donors (Lipinski definition) is 0. The van der Waals surface area contributed by atoms with Crippen LogP contribution in [0.25, 0.3) is 0 Å². The maximum atomic E-state index is 11.8. The summed E-state index contributed by atoms with van der Waals surface area (Å²) >= 11 is 0. The smallest absolute Gasteiger partial charge is 0.422 e. The Bertz CT molecular complexity index is 305. The zero-order chi connectivity index (χ0) is 12.3. The molecule has 0 fully saturated rings. The number of hydrogen-bond acceptors (Lipinski definition) is 2. The highest BCUT2D eigenvalue weighted by atomic mass is 19.4. The van der Waals surface area contributed by atoms with E-state index in [0.29, 0.717) is 12.8 Å². The molecule has 1 atom stereocenters. The molecule has 5 heteroatoms. The summed E-state index contributed by atoms with van der Waals surface area (Å²) in [7, 11) is 0. The zero-order valence-electron chi connectivity index (χ0n) is 9.36. The van der Waals surface area contributed by atoms with Gasteiger partial charge in [-0.2, -0.15) is 13.2 Å². The summed E-state index contributed by atoms with van der Waals surface area (Å²) in [5, 5.41) is 0. The number of alkyl halides is 3. The summed E-state index contributed by atoms with van der Waals surface area (Å²) in [6.45, 7) is 2.40. The predicted molar refractivity (Wildman–Crippen MR) is 52.7 cm³/mol. The highest BCUT2D eigenvalue weighted by Crippen LogP contribution is 2.30. The van der Waals surface area contributed by atoms with Gasteiger partial charge in [0.15, 0.2) is 6.61 Å². The quantitative estimate of drug-likeness (QED) is 0.543. The monoisotopic (exact) mass is 236 g/mol. The molecule has 0 spiro atoms. The second kappa shape index (κ2) is 4.89. The lowest BCUT2D eigenvalue weighted by atomic mass is 9.85. The Morgan fingerprint density at radius 1 is 1.38 bits per heavy atom. The van der Waals surface area contributed by atoms with E-state index in [4.69, 9.17) is 0 Å². The van der Waals surface area contributed by atoms with E-state index in [9.17, 15) is 18.0 Å². The molecule has 1 aliphatic rings. The lowest BCUT2D eigenvalue weighted by Crippen LogP contribution is -2.26. The average molecular weight is 236 g/mol. The zero-order valence-corrected chi connectivity index (χ0v) is 9.36. The molecular weight excluding hydrogens is 221 g/mol. The van der Waals surface area contributed by atoms with Gasteiger partial charge in [-0.1, -0.05) is 11.1 Å². The highest BCUT2D eigenvalue weighted by molar-refractivity contribution is 5.73. The molecular formula is C11H15F3O2. The van der Waals surface area contributed by atoms with Gasteiger partial charge in [0, 0.05) is 0 Å². The summed E-state index contributed by atoms with van der Waals surface area (Å²) in [5.74, 6) is -1.14. The molecule has 0 aromatic carbocycles. The lowest BCUT2D eigenvalue weighted by molar-refractivity contribution is -0.189. The normalized spacial score (nSPS) is 22.2. The van der Waals surface area contributed by atoms with Crippen LogP contribution in [0, 0.1) is 5.92 Å². The fourth-order valence-corrected chi connectivity index (χ4v) is 1.72. The van der Waals surface area contributed by atoms with Gasteiger partial charge in [-0.05, 0) is 33.1 Å². The van der Waals surface area contributed by atoms with Gasteiger partial charge in [-0.25, -0.2) is 0 Å². The Hall–Kier alpha value is -1.00. The molecule has 0 aliphatic heterocycles. The van der Waals surface area contributed by atoms with E-state index in [2.05, 4.69) is 4.74 Å². The summed E-state index contributed by atoms with van der Waals surface area (Å²) in [4.78, 5) is 11.4. The number of ether oxygens (including phenoxy) is 1. The van der Waals surface area contributed by atoms with Gasteiger partial charge < -0.3 is 4.74 Å². The molecule has 16 heavy (non-hydrogen) atoms. The maximum absolute atomic E-state index is 11.8. The molecule has 0 amide bonds. The number of halogens is 3. The van der Waals surface area contributed by atoms with Crippen molar-refractivity contribution >= 4 is 5.97 Å². The highest BCUT2D eigenvalue weighted by Gasteiger charge is 2.32. The van der Waals surface area contributed by atoms with Crippen molar-refractivity contribution < 1.29 is 22.7 Å². The predicted octanol–water partition coefficient (Wildman–Crippen LogP) is 3.23. The van der Waals surface area contributed by atoms with Crippen LogP contribution in [-0.2, 0) is 9.53 Å². The standard InChI is InChI=1S/C11H15F3O2/c1-7-3-4-9(5-8(7)2)10(15)16-6-11(12,13)14/h9H,3-6H2,1-2H3/t9-/m1/s1. The minimum absolute atomic E-state index is 0.411.